The Labute approximate surface area is 104 Å². The summed E-state index contributed by atoms with van der Waals surface area (Å²) in [7, 11) is 0. The van der Waals surface area contributed by atoms with Gasteiger partial charge in [0.2, 0.25) is 0 Å². The summed E-state index contributed by atoms with van der Waals surface area (Å²) in [5.41, 5.74) is 1.32. The highest BCUT2D eigenvalue weighted by Crippen LogP contribution is 2.27. The summed E-state index contributed by atoms with van der Waals surface area (Å²) in [5, 5.41) is 3.41. The Morgan fingerprint density at radius 2 is 2.06 bits per heavy atom. The largest absolute Gasteiger partial charge is 0.316 e. The Bertz CT molecular complexity index is 337. The fourth-order valence-corrected chi connectivity index (χ4v) is 2.41. The van der Waals surface area contributed by atoms with Crippen LogP contribution in [0.2, 0.25) is 0 Å². The topological polar surface area (TPSA) is 12.0 Å². The smallest absolute Gasteiger partial charge is 0.123 e. The lowest BCUT2D eigenvalue weighted by atomic mass is 9.79. The fraction of sp³-hybridized carbons (Fsp3) is 0.600. The van der Waals surface area contributed by atoms with Crippen molar-refractivity contribution in [2.24, 2.45) is 5.41 Å². The van der Waals surface area contributed by atoms with Crippen LogP contribution < -0.4 is 5.32 Å². The molecule has 0 spiro atoms. The summed E-state index contributed by atoms with van der Waals surface area (Å²) in [4.78, 5) is 0. The molecule has 0 radical (unpaired) electrons. The average Bonchev–Trinajstić information content (AvgIpc) is 2.27. The molecule has 0 aliphatic heterocycles. The molecular weight excluding hydrogens is 213 g/mol. The van der Waals surface area contributed by atoms with E-state index in [1.807, 2.05) is 6.07 Å². The molecule has 0 saturated carbocycles. The third-order valence-electron chi connectivity index (χ3n) is 3.18. The molecule has 17 heavy (non-hydrogen) atoms. The molecule has 1 rings (SSSR count). The molecule has 0 fully saturated rings. The number of halogens is 1. The van der Waals surface area contributed by atoms with Crippen LogP contribution in [0.25, 0.3) is 0 Å². The van der Waals surface area contributed by atoms with Crippen LogP contribution in [-0.4, -0.2) is 13.1 Å². The lowest BCUT2D eigenvalue weighted by Crippen LogP contribution is -2.33. The minimum absolute atomic E-state index is 0.134. The van der Waals surface area contributed by atoms with Gasteiger partial charge in [-0.1, -0.05) is 39.3 Å². The van der Waals surface area contributed by atoms with Crippen LogP contribution >= 0.6 is 0 Å². The Morgan fingerprint density at radius 1 is 1.29 bits per heavy atom. The number of rotatable bonds is 7. The molecule has 1 N–H and O–H groups in total. The Balaban J connectivity index is 2.71. The van der Waals surface area contributed by atoms with E-state index in [1.165, 1.54) is 6.07 Å². The molecule has 0 amide bonds. The molecule has 1 aromatic carbocycles. The van der Waals surface area contributed by atoms with Gasteiger partial charge in [0.25, 0.3) is 0 Å². The van der Waals surface area contributed by atoms with Gasteiger partial charge in [0, 0.05) is 6.54 Å². The summed E-state index contributed by atoms with van der Waals surface area (Å²) in [6.45, 7) is 8.59. The molecule has 1 atom stereocenters. The molecule has 2 heteroatoms. The maximum Gasteiger partial charge on any atom is 0.123 e. The van der Waals surface area contributed by atoms with Crippen LogP contribution in [0.3, 0.4) is 0 Å². The second-order valence-corrected chi connectivity index (χ2v) is 5.15. The third kappa shape index (κ3) is 4.86. The zero-order valence-electron chi connectivity index (χ0n) is 11.2. The van der Waals surface area contributed by atoms with Gasteiger partial charge in [-0.05, 0) is 42.5 Å². The van der Waals surface area contributed by atoms with Gasteiger partial charge in [-0.25, -0.2) is 4.39 Å². The summed E-state index contributed by atoms with van der Waals surface area (Å²) in [6, 6.07) is 6.97. The van der Waals surface area contributed by atoms with Gasteiger partial charge in [-0.3, -0.25) is 0 Å². The van der Waals surface area contributed by atoms with Gasteiger partial charge < -0.3 is 5.32 Å². The molecule has 0 aliphatic carbocycles. The quantitative estimate of drug-likeness (QED) is 0.761. The first-order valence-corrected chi connectivity index (χ1v) is 6.55. The molecule has 96 valence electrons. The first-order chi connectivity index (χ1) is 8.09. The summed E-state index contributed by atoms with van der Waals surface area (Å²) in [6.07, 6.45) is 3.26. The molecule has 0 aromatic heterocycles. The molecular formula is C15H24FN. The third-order valence-corrected chi connectivity index (χ3v) is 3.18. The van der Waals surface area contributed by atoms with Crippen LogP contribution in [0, 0.1) is 11.2 Å². The first kappa shape index (κ1) is 14.2. The maximum absolute atomic E-state index is 13.2. The number of hydrogen-bond donors (Lipinski definition) is 1. The monoisotopic (exact) mass is 237 g/mol. The lowest BCUT2D eigenvalue weighted by molar-refractivity contribution is 0.277. The number of hydrogen-bond acceptors (Lipinski definition) is 1. The van der Waals surface area contributed by atoms with Crippen LogP contribution in [0.15, 0.2) is 24.3 Å². The summed E-state index contributed by atoms with van der Waals surface area (Å²) >= 11 is 0. The normalized spacial score (nSPS) is 14.6. The molecule has 0 heterocycles. The van der Waals surface area contributed by atoms with Gasteiger partial charge in [0.05, 0.1) is 0 Å². The van der Waals surface area contributed by atoms with E-state index < -0.39 is 0 Å². The van der Waals surface area contributed by atoms with Crippen molar-refractivity contribution in [2.45, 2.75) is 40.0 Å². The second-order valence-electron chi connectivity index (χ2n) is 5.15. The van der Waals surface area contributed by atoms with E-state index in [-0.39, 0.29) is 11.2 Å². The summed E-state index contributed by atoms with van der Waals surface area (Å²) < 4.78 is 13.2. The highest BCUT2D eigenvalue weighted by Gasteiger charge is 2.23. The second kappa shape index (κ2) is 6.75. The number of benzene rings is 1. The lowest BCUT2D eigenvalue weighted by Gasteiger charge is -2.30. The van der Waals surface area contributed by atoms with E-state index in [0.717, 1.165) is 37.9 Å². The van der Waals surface area contributed by atoms with E-state index in [9.17, 15) is 4.39 Å². The van der Waals surface area contributed by atoms with E-state index in [4.69, 9.17) is 0 Å². The average molecular weight is 237 g/mol. The summed E-state index contributed by atoms with van der Waals surface area (Å²) in [5.74, 6) is -0.134. The molecule has 1 nitrogen and oxygen atoms in total. The maximum atomic E-state index is 13.2. The van der Waals surface area contributed by atoms with Crippen molar-refractivity contribution in [3.8, 4) is 0 Å². The van der Waals surface area contributed by atoms with Crippen LogP contribution in [0.1, 0.15) is 39.2 Å². The Kier molecular flexibility index (Phi) is 5.63. The van der Waals surface area contributed by atoms with Crippen LogP contribution in [-0.2, 0) is 6.42 Å². The van der Waals surface area contributed by atoms with Crippen molar-refractivity contribution in [3.63, 3.8) is 0 Å². The van der Waals surface area contributed by atoms with Crippen molar-refractivity contribution < 1.29 is 4.39 Å². The van der Waals surface area contributed by atoms with Gasteiger partial charge in [-0.15, -0.1) is 0 Å². The van der Waals surface area contributed by atoms with E-state index in [1.54, 1.807) is 12.1 Å². The van der Waals surface area contributed by atoms with Gasteiger partial charge in [0.15, 0.2) is 0 Å². The zero-order valence-corrected chi connectivity index (χ0v) is 11.2. The minimum Gasteiger partial charge on any atom is -0.316 e. The van der Waals surface area contributed by atoms with Crippen molar-refractivity contribution >= 4 is 0 Å². The highest BCUT2D eigenvalue weighted by molar-refractivity contribution is 5.18. The fourth-order valence-electron chi connectivity index (χ4n) is 2.41. The molecule has 1 unspecified atom stereocenters. The number of nitrogens with one attached hydrogen (secondary N) is 1. The van der Waals surface area contributed by atoms with Gasteiger partial charge >= 0.3 is 0 Å². The molecule has 0 bridgehead atoms. The predicted octanol–water partition coefficient (Wildman–Crippen LogP) is 3.78. The molecule has 0 aliphatic rings. The minimum atomic E-state index is -0.134. The van der Waals surface area contributed by atoms with Gasteiger partial charge in [0.1, 0.15) is 5.82 Å². The van der Waals surface area contributed by atoms with E-state index in [0.29, 0.717) is 0 Å². The van der Waals surface area contributed by atoms with Crippen molar-refractivity contribution in [1.29, 1.82) is 0 Å². The zero-order chi connectivity index (χ0) is 12.7. The van der Waals surface area contributed by atoms with Gasteiger partial charge in [-0.2, -0.15) is 0 Å². The van der Waals surface area contributed by atoms with Crippen LogP contribution in [0.4, 0.5) is 4.39 Å². The van der Waals surface area contributed by atoms with Crippen molar-refractivity contribution in [1.82, 2.24) is 5.32 Å². The first-order valence-electron chi connectivity index (χ1n) is 6.55. The standard InChI is InChI=1S/C15H24FN/c1-4-9-15(3,12-17-5-2)11-13-7-6-8-14(16)10-13/h6-8,10,17H,4-5,9,11-12H2,1-3H3. The van der Waals surface area contributed by atoms with Crippen LogP contribution in [0.5, 0.6) is 0 Å². The predicted molar refractivity (Wildman–Crippen MR) is 71.7 cm³/mol. The van der Waals surface area contributed by atoms with E-state index >= 15 is 0 Å². The highest BCUT2D eigenvalue weighted by atomic mass is 19.1. The van der Waals surface area contributed by atoms with Crippen molar-refractivity contribution in [3.05, 3.63) is 35.6 Å². The molecule has 1 aromatic rings. The molecule has 0 saturated heterocycles. The van der Waals surface area contributed by atoms with Crippen molar-refractivity contribution in [2.75, 3.05) is 13.1 Å². The Morgan fingerprint density at radius 3 is 2.65 bits per heavy atom. The van der Waals surface area contributed by atoms with E-state index in [2.05, 4.69) is 26.1 Å². The SMILES string of the molecule is CCCC(C)(CNCC)Cc1cccc(F)c1. The Hall–Kier alpha value is -0.890.